The molecular formula is C32H40O19. The largest absolute Gasteiger partial charge is 0.508 e. The van der Waals surface area contributed by atoms with E-state index >= 15 is 0 Å². The van der Waals surface area contributed by atoms with Gasteiger partial charge in [0.1, 0.15) is 77.9 Å². The zero-order valence-corrected chi connectivity index (χ0v) is 26.8. The van der Waals surface area contributed by atoms with Crippen LogP contribution in [0.1, 0.15) is 24.2 Å². The second-order valence-electron chi connectivity index (χ2n) is 12.7. The molecule has 4 aliphatic rings. The van der Waals surface area contributed by atoms with Crippen molar-refractivity contribution in [3.63, 3.8) is 0 Å². The lowest BCUT2D eigenvalue weighted by atomic mass is 9.97. The molecule has 3 fully saturated rings. The summed E-state index contributed by atoms with van der Waals surface area (Å²) in [7, 11) is 0. The third-order valence-electron chi connectivity index (χ3n) is 9.07. The van der Waals surface area contributed by atoms with Crippen LogP contribution >= 0.6 is 0 Å². The van der Waals surface area contributed by atoms with Crippen LogP contribution in [0.5, 0.6) is 28.7 Å². The Morgan fingerprint density at radius 1 is 0.706 bits per heavy atom. The summed E-state index contributed by atoms with van der Waals surface area (Å²) in [6, 6.07) is 5.91. The first-order valence-corrected chi connectivity index (χ1v) is 15.9. The molecule has 2 aromatic carbocycles. The molecule has 0 aliphatic carbocycles. The average molecular weight is 729 g/mol. The zero-order chi connectivity index (χ0) is 36.9. The summed E-state index contributed by atoms with van der Waals surface area (Å²) in [5.74, 6) is -1.96. The lowest BCUT2D eigenvalue weighted by Gasteiger charge is -2.46. The van der Waals surface area contributed by atoms with Crippen molar-refractivity contribution in [2.45, 2.75) is 99.0 Å². The van der Waals surface area contributed by atoms with Gasteiger partial charge in [0.05, 0.1) is 24.9 Å². The highest BCUT2D eigenvalue weighted by atomic mass is 16.8. The standard InChI is InChI=1S/C32H40O19/c1-10-21(38)24(41)27(44)30(47-10)46-9-20-23(40)25(42)29(51-31-26(43)22(39)17(37)8-45-31)32(50-20)49-19-7-13-15(35)5-12(33)6-18(13)48-28(19)11-2-3-14(34)16(36)4-11/h2-7,10,17,20-44H,8-9H2,1H3. The smallest absolute Gasteiger partial charge is 0.229 e. The monoisotopic (exact) mass is 728 g/mol. The van der Waals surface area contributed by atoms with Gasteiger partial charge < -0.3 is 94.4 Å². The van der Waals surface area contributed by atoms with Gasteiger partial charge in [-0.25, -0.2) is 0 Å². The van der Waals surface area contributed by atoms with Gasteiger partial charge in [0, 0.05) is 17.7 Å². The average Bonchev–Trinajstić information content (AvgIpc) is 3.09. The van der Waals surface area contributed by atoms with Gasteiger partial charge in [-0.05, 0) is 25.1 Å². The zero-order valence-electron chi connectivity index (χ0n) is 26.8. The number of fused-ring (bicyclic) bond motifs is 1. The Labute approximate surface area is 288 Å². The second-order valence-corrected chi connectivity index (χ2v) is 12.7. The van der Waals surface area contributed by atoms with E-state index in [1.807, 2.05) is 0 Å². The van der Waals surface area contributed by atoms with Gasteiger partial charge in [-0.2, -0.15) is 0 Å². The molecule has 0 spiro atoms. The lowest BCUT2D eigenvalue weighted by molar-refractivity contribution is -0.359. The highest BCUT2D eigenvalue weighted by Gasteiger charge is 2.52. The highest BCUT2D eigenvalue weighted by Crippen LogP contribution is 2.45. The first-order chi connectivity index (χ1) is 24.1. The van der Waals surface area contributed by atoms with E-state index in [1.54, 1.807) is 0 Å². The van der Waals surface area contributed by atoms with Crippen LogP contribution in [0, 0.1) is 0 Å². The number of hydrogen-bond acceptors (Lipinski definition) is 19. The Kier molecular flexibility index (Phi) is 10.8. The molecule has 19 heteroatoms. The first kappa shape index (κ1) is 37.2. The summed E-state index contributed by atoms with van der Waals surface area (Å²) in [6.45, 7) is 0.341. The van der Waals surface area contributed by atoms with Gasteiger partial charge >= 0.3 is 0 Å². The van der Waals surface area contributed by atoms with Crippen molar-refractivity contribution in [3.8, 4) is 28.7 Å². The minimum atomic E-state index is -1.92. The number of ether oxygens (including phenoxy) is 7. The summed E-state index contributed by atoms with van der Waals surface area (Å²) in [5, 5.41) is 125. The van der Waals surface area contributed by atoms with E-state index in [0.717, 1.165) is 18.2 Å². The van der Waals surface area contributed by atoms with Crippen LogP contribution in [0.3, 0.4) is 0 Å². The second kappa shape index (κ2) is 14.8. The number of hydrogen-bond donors (Lipinski definition) is 12. The van der Waals surface area contributed by atoms with E-state index in [2.05, 4.69) is 0 Å². The van der Waals surface area contributed by atoms with E-state index in [-0.39, 0.29) is 28.4 Å². The topological polar surface area (TPSA) is 307 Å². The third kappa shape index (κ3) is 7.39. The molecular weight excluding hydrogens is 688 g/mol. The molecule has 12 N–H and O–H groups in total. The van der Waals surface area contributed by atoms with Gasteiger partial charge in [0.2, 0.25) is 6.29 Å². The Morgan fingerprint density at radius 2 is 1.43 bits per heavy atom. The minimum Gasteiger partial charge on any atom is -0.508 e. The van der Waals surface area contributed by atoms with Gasteiger partial charge in [-0.3, -0.25) is 0 Å². The Balaban J connectivity index is 1.33. The molecule has 4 aliphatic heterocycles. The number of aliphatic hydroxyl groups is 8. The molecule has 15 unspecified atom stereocenters. The normalized spacial score (nSPS) is 39.8. The van der Waals surface area contributed by atoms with Gasteiger partial charge in [-0.15, -0.1) is 0 Å². The molecule has 2 aromatic rings. The van der Waals surface area contributed by atoms with Crippen LogP contribution in [0.4, 0.5) is 0 Å². The molecule has 3 saturated heterocycles. The summed E-state index contributed by atoms with van der Waals surface area (Å²) < 4.78 is 40.4. The Bertz CT molecular complexity index is 1570. The number of rotatable bonds is 8. The van der Waals surface area contributed by atoms with Crippen LogP contribution in [0.25, 0.3) is 6.08 Å². The van der Waals surface area contributed by atoms with E-state index in [4.69, 9.17) is 33.2 Å². The predicted octanol–water partition coefficient (Wildman–Crippen LogP) is -2.88. The number of phenols is 4. The highest BCUT2D eigenvalue weighted by molar-refractivity contribution is 5.69. The lowest BCUT2D eigenvalue weighted by Crippen LogP contribution is -2.63. The van der Waals surface area contributed by atoms with Crippen LogP contribution in [-0.4, -0.2) is 161 Å². The molecule has 15 atom stereocenters. The van der Waals surface area contributed by atoms with E-state index in [1.165, 1.54) is 25.1 Å². The van der Waals surface area contributed by atoms with Crippen molar-refractivity contribution in [3.05, 3.63) is 47.2 Å². The molecule has 0 bridgehead atoms. The molecule has 282 valence electrons. The van der Waals surface area contributed by atoms with Crippen LogP contribution in [0.15, 0.2) is 36.1 Å². The summed E-state index contributed by atoms with van der Waals surface area (Å²) in [5.41, 5.74) is 0.206. The maximum absolute atomic E-state index is 11.4. The third-order valence-corrected chi connectivity index (χ3v) is 9.07. The van der Waals surface area contributed by atoms with Crippen molar-refractivity contribution in [1.29, 1.82) is 0 Å². The van der Waals surface area contributed by atoms with Crippen molar-refractivity contribution in [1.82, 2.24) is 0 Å². The first-order valence-electron chi connectivity index (χ1n) is 15.9. The fraction of sp³-hybridized carbons (Fsp3) is 0.562. The molecule has 0 aromatic heterocycles. The fourth-order valence-electron chi connectivity index (χ4n) is 6.09. The van der Waals surface area contributed by atoms with E-state index in [0.29, 0.717) is 0 Å². The summed E-state index contributed by atoms with van der Waals surface area (Å²) in [4.78, 5) is 0. The quantitative estimate of drug-likeness (QED) is 0.121. The van der Waals surface area contributed by atoms with E-state index in [9.17, 15) is 61.3 Å². The van der Waals surface area contributed by atoms with Gasteiger partial charge in [-0.1, -0.05) is 6.07 Å². The Morgan fingerprint density at radius 3 is 2.16 bits per heavy atom. The number of benzene rings is 2. The Hall–Kier alpha value is -3.54. The molecule has 6 rings (SSSR count). The van der Waals surface area contributed by atoms with Crippen LogP contribution in [-0.2, 0) is 28.4 Å². The van der Waals surface area contributed by atoms with Crippen LogP contribution in [0.2, 0.25) is 0 Å². The SMILES string of the molecule is CC1OC(OCC2OC(OC3=Cc4c(O)cc(O)cc4OC3c3ccc(O)c(O)c3)C(OC3OCC(O)C(O)C3O)C(O)C2O)C(O)C(O)C1O. The van der Waals surface area contributed by atoms with Gasteiger partial charge in [0.25, 0.3) is 0 Å². The molecule has 19 nitrogen and oxygen atoms in total. The molecule has 0 saturated carbocycles. The number of phenolic OH excluding ortho intramolecular Hbond substituents is 4. The van der Waals surface area contributed by atoms with Crippen molar-refractivity contribution in [2.75, 3.05) is 13.2 Å². The summed E-state index contributed by atoms with van der Waals surface area (Å²) in [6.07, 6.45) is -22.7. The number of aliphatic hydroxyl groups excluding tert-OH is 8. The maximum Gasteiger partial charge on any atom is 0.229 e. The van der Waals surface area contributed by atoms with E-state index < -0.39 is 123 Å². The molecule has 51 heavy (non-hydrogen) atoms. The minimum absolute atomic E-state index is 0.0182. The van der Waals surface area contributed by atoms with Crippen LogP contribution < -0.4 is 4.74 Å². The van der Waals surface area contributed by atoms with Crippen molar-refractivity contribution in [2.24, 2.45) is 0 Å². The molecule has 0 radical (unpaired) electrons. The van der Waals surface area contributed by atoms with Crippen molar-refractivity contribution < 1.29 is 94.4 Å². The maximum atomic E-state index is 11.4. The fourth-order valence-corrected chi connectivity index (χ4v) is 6.09. The molecule has 4 heterocycles. The van der Waals surface area contributed by atoms with Crippen molar-refractivity contribution >= 4 is 6.08 Å². The summed E-state index contributed by atoms with van der Waals surface area (Å²) >= 11 is 0. The van der Waals surface area contributed by atoms with Gasteiger partial charge in [0.15, 0.2) is 36.3 Å². The molecule has 0 amide bonds. The number of aromatic hydroxyl groups is 4. The predicted molar refractivity (Wildman–Crippen MR) is 164 cm³/mol.